The number of hydrogen-bond donors (Lipinski definition) is 4. The van der Waals surface area contributed by atoms with E-state index in [-0.39, 0.29) is 73.8 Å². The molecule has 8 amide bonds. The van der Waals surface area contributed by atoms with Crippen LogP contribution in [0.2, 0.25) is 0 Å². The molecular formula is C36H42N10O8. The Morgan fingerprint density at radius 1 is 0.667 bits per heavy atom. The van der Waals surface area contributed by atoms with Gasteiger partial charge in [-0.25, -0.2) is 19.6 Å². The van der Waals surface area contributed by atoms with E-state index in [0.29, 0.717) is 33.5 Å². The first-order valence-corrected chi connectivity index (χ1v) is 17.2. The van der Waals surface area contributed by atoms with Gasteiger partial charge in [-0.15, -0.1) is 0 Å². The number of carbonyl (C=O) groups excluding carboxylic acids is 6. The largest absolute Gasteiger partial charge is 0.334 e. The fourth-order valence-electron chi connectivity index (χ4n) is 6.20. The number of benzene rings is 2. The summed E-state index contributed by atoms with van der Waals surface area (Å²) in [5, 5.41) is 10.7. The number of hydrogen-bond acceptors (Lipinski definition) is 10. The van der Waals surface area contributed by atoms with Crippen molar-refractivity contribution in [1.29, 1.82) is 0 Å². The first-order chi connectivity index (χ1) is 25.5. The van der Waals surface area contributed by atoms with Crippen LogP contribution in [-0.4, -0.2) is 92.8 Å². The summed E-state index contributed by atoms with van der Waals surface area (Å²) in [5.74, 6) is -0.838. The third-order valence-corrected chi connectivity index (χ3v) is 9.03. The first kappa shape index (κ1) is 38.8. The molecule has 4 heterocycles. The number of urea groups is 2. The van der Waals surface area contributed by atoms with Gasteiger partial charge in [0.2, 0.25) is 23.6 Å². The van der Waals surface area contributed by atoms with E-state index >= 15 is 0 Å². The highest BCUT2D eigenvalue weighted by molar-refractivity contribution is 6.00. The quantitative estimate of drug-likeness (QED) is 0.204. The topological polar surface area (TPSA) is 227 Å². The van der Waals surface area contributed by atoms with Gasteiger partial charge in [-0.3, -0.25) is 48.5 Å². The monoisotopic (exact) mass is 742 g/mol. The third kappa shape index (κ3) is 8.43. The lowest BCUT2D eigenvalue weighted by molar-refractivity contribution is -0.137. The molecule has 54 heavy (non-hydrogen) atoms. The number of aromatic nitrogens is 4. The maximum absolute atomic E-state index is 13.0. The Kier molecular flexibility index (Phi) is 11.5. The molecule has 2 aromatic heterocycles. The molecule has 6 rings (SSSR count). The SMILES string of the molecule is Cc1nc2ccc(CNC(=O)N(C)C)cc2c(=O)n1[C@@H]1CCC(=O)NC1=O.Cc1nc2ccc(CNC(=O)N(C)C)cc2c(=O)n1[C@H]1CCC(=O)NC1=O. The third-order valence-electron chi connectivity index (χ3n) is 9.03. The molecule has 0 aliphatic carbocycles. The molecule has 0 bridgehead atoms. The van der Waals surface area contributed by atoms with Gasteiger partial charge >= 0.3 is 12.1 Å². The van der Waals surface area contributed by atoms with Crippen molar-refractivity contribution >= 4 is 57.5 Å². The second-order valence-corrected chi connectivity index (χ2v) is 13.4. The molecule has 0 radical (unpaired) electrons. The van der Waals surface area contributed by atoms with Gasteiger partial charge in [0.25, 0.3) is 11.1 Å². The lowest BCUT2D eigenvalue weighted by Crippen LogP contribution is -2.45. The van der Waals surface area contributed by atoms with E-state index in [4.69, 9.17) is 0 Å². The van der Waals surface area contributed by atoms with Gasteiger partial charge in [0.15, 0.2) is 0 Å². The molecule has 18 heteroatoms. The number of nitrogens with one attached hydrogen (secondary N) is 4. The lowest BCUT2D eigenvalue weighted by Gasteiger charge is -2.24. The molecule has 2 atom stereocenters. The second kappa shape index (κ2) is 16.1. The highest BCUT2D eigenvalue weighted by Gasteiger charge is 2.31. The van der Waals surface area contributed by atoms with Crippen molar-refractivity contribution in [2.45, 2.75) is 64.7 Å². The van der Waals surface area contributed by atoms with Gasteiger partial charge in [0.05, 0.1) is 21.8 Å². The summed E-state index contributed by atoms with van der Waals surface area (Å²) in [6.07, 6.45) is 0.877. The molecule has 2 aromatic carbocycles. The second-order valence-electron chi connectivity index (χ2n) is 13.4. The minimum absolute atomic E-state index is 0.178. The number of imide groups is 2. The molecule has 4 aromatic rings. The van der Waals surface area contributed by atoms with Crippen molar-refractivity contribution in [3.8, 4) is 0 Å². The van der Waals surface area contributed by atoms with Crippen molar-refractivity contribution in [1.82, 2.24) is 50.2 Å². The normalized spacial score (nSPS) is 16.9. The number of aryl methyl sites for hydroxylation is 2. The highest BCUT2D eigenvalue weighted by Crippen LogP contribution is 2.22. The van der Waals surface area contributed by atoms with Gasteiger partial charge in [-0.1, -0.05) is 12.1 Å². The van der Waals surface area contributed by atoms with Gasteiger partial charge in [0.1, 0.15) is 23.7 Å². The van der Waals surface area contributed by atoms with E-state index in [9.17, 15) is 38.4 Å². The van der Waals surface area contributed by atoms with E-state index in [1.165, 1.54) is 18.9 Å². The molecule has 0 spiro atoms. The Bertz CT molecular complexity index is 2150. The molecule has 2 saturated heterocycles. The van der Waals surface area contributed by atoms with Crippen molar-refractivity contribution in [2.75, 3.05) is 28.2 Å². The van der Waals surface area contributed by atoms with Crippen LogP contribution in [0.1, 0.15) is 60.5 Å². The Hall–Kier alpha value is -6.46. The maximum atomic E-state index is 13.0. The van der Waals surface area contributed by atoms with E-state index < -0.39 is 23.9 Å². The number of piperidine rings is 2. The van der Waals surface area contributed by atoms with Crippen LogP contribution in [0, 0.1) is 13.8 Å². The molecule has 0 saturated carbocycles. The number of nitrogens with zero attached hydrogens (tertiary/aromatic N) is 6. The Balaban J connectivity index is 0.000000208. The van der Waals surface area contributed by atoms with Gasteiger partial charge < -0.3 is 20.4 Å². The van der Waals surface area contributed by atoms with Crippen molar-refractivity contribution in [3.63, 3.8) is 0 Å². The Morgan fingerprint density at radius 3 is 1.37 bits per heavy atom. The summed E-state index contributed by atoms with van der Waals surface area (Å²) in [6, 6.07) is 8.36. The summed E-state index contributed by atoms with van der Waals surface area (Å²) in [7, 11) is 6.56. The van der Waals surface area contributed by atoms with Crippen LogP contribution in [0.4, 0.5) is 9.59 Å². The Labute approximate surface area is 308 Å². The fourth-order valence-corrected chi connectivity index (χ4v) is 6.20. The average molecular weight is 743 g/mol. The smallest absolute Gasteiger partial charge is 0.317 e. The molecular weight excluding hydrogens is 700 g/mol. The molecule has 4 N–H and O–H groups in total. The number of carbonyl (C=O) groups is 6. The number of fused-ring (bicyclic) bond motifs is 2. The zero-order chi connectivity index (χ0) is 39.4. The standard InChI is InChI=1S/2C18H21N5O4/c2*1-10-20-13-5-4-11(9-19-18(27)22(2)3)8-12(13)17(26)23(10)14-6-7-15(24)21-16(14)25/h2*4-5,8,14H,6-7,9H2,1-3H3,(H,19,27)(H,21,24,25)/t2*14-/m10/s1. The van der Waals surface area contributed by atoms with E-state index in [0.717, 1.165) is 11.1 Å². The van der Waals surface area contributed by atoms with Crippen molar-refractivity contribution < 1.29 is 28.8 Å². The highest BCUT2D eigenvalue weighted by atomic mass is 16.2. The summed E-state index contributed by atoms with van der Waals surface area (Å²) in [5.41, 5.74) is 1.85. The van der Waals surface area contributed by atoms with Gasteiger partial charge in [0, 0.05) is 54.1 Å². The van der Waals surface area contributed by atoms with Crippen LogP contribution in [-0.2, 0) is 32.3 Å². The summed E-state index contributed by atoms with van der Waals surface area (Å²) < 4.78 is 2.68. The molecule has 2 fully saturated rings. The average Bonchev–Trinajstić information content (AvgIpc) is 3.11. The van der Waals surface area contributed by atoms with Gasteiger partial charge in [-0.2, -0.15) is 0 Å². The molecule has 0 unspecified atom stereocenters. The van der Waals surface area contributed by atoms with Crippen LogP contribution >= 0.6 is 0 Å². The minimum atomic E-state index is -0.760. The van der Waals surface area contributed by atoms with Crippen LogP contribution in [0.25, 0.3) is 21.8 Å². The predicted octanol–water partition coefficient (Wildman–Crippen LogP) is 0.908. The van der Waals surface area contributed by atoms with E-state index in [1.807, 2.05) is 0 Å². The van der Waals surface area contributed by atoms with Gasteiger partial charge in [-0.05, 0) is 62.1 Å². The predicted molar refractivity (Wildman–Crippen MR) is 196 cm³/mol. The maximum Gasteiger partial charge on any atom is 0.317 e. The lowest BCUT2D eigenvalue weighted by atomic mass is 10.0. The Morgan fingerprint density at radius 2 is 1.04 bits per heavy atom. The summed E-state index contributed by atoms with van der Waals surface area (Å²) in [6.45, 7) is 3.85. The molecule has 18 nitrogen and oxygen atoms in total. The van der Waals surface area contributed by atoms with Crippen molar-refractivity contribution in [3.05, 3.63) is 79.9 Å². The number of amides is 8. The molecule has 2 aliphatic heterocycles. The fraction of sp³-hybridized carbons (Fsp3) is 0.389. The van der Waals surface area contributed by atoms with Crippen LogP contribution in [0.5, 0.6) is 0 Å². The van der Waals surface area contributed by atoms with Crippen LogP contribution in [0.15, 0.2) is 46.0 Å². The molecule has 2 aliphatic rings. The zero-order valence-corrected chi connectivity index (χ0v) is 30.8. The number of rotatable bonds is 6. The zero-order valence-electron chi connectivity index (χ0n) is 30.8. The first-order valence-electron chi connectivity index (χ1n) is 17.2. The summed E-state index contributed by atoms with van der Waals surface area (Å²) in [4.78, 5) is 108. The van der Waals surface area contributed by atoms with Crippen LogP contribution < -0.4 is 32.4 Å². The van der Waals surface area contributed by atoms with E-state index in [2.05, 4.69) is 31.2 Å². The molecule has 284 valence electrons. The minimum Gasteiger partial charge on any atom is -0.334 e. The van der Waals surface area contributed by atoms with E-state index in [1.54, 1.807) is 78.4 Å². The van der Waals surface area contributed by atoms with Crippen LogP contribution in [0.3, 0.4) is 0 Å². The van der Waals surface area contributed by atoms with Crippen molar-refractivity contribution in [2.24, 2.45) is 0 Å². The summed E-state index contributed by atoms with van der Waals surface area (Å²) >= 11 is 0.